The number of rotatable bonds is 7. The second-order valence-electron chi connectivity index (χ2n) is 8.08. The molecule has 11 heteroatoms. The van der Waals surface area contributed by atoms with Crippen molar-refractivity contribution in [3.05, 3.63) is 59.0 Å². The molecular weight excluding hydrogens is 482 g/mol. The standard InChI is InChI=1S/C22H24ClN5O3S2/c23-28(33(30,31)20-15-16-5-1-2-8-19(16)32-20)10-4-9-26-11-13-27(14-12-26)18-7-3-6-17-21(18)25-22(29)24-17/h1-3,5-8,15H,4,9-14H2,(H2,24,25,29). The molecular formula is C22H24ClN5O3S2. The molecule has 0 radical (unpaired) electrons. The van der Waals surface area contributed by atoms with Crippen LogP contribution in [-0.2, 0) is 10.0 Å². The monoisotopic (exact) mass is 505 g/mol. The van der Waals surface area contributed by atoms with Gasteiger partial charge in [0.05, 0.1) is 16.7 Å². The summed E-state index contributed by atoms with van der Waals surface area (Å²) in [6.07, 6.45) is 0.647. The molecule has 0 spiro atoms. The van der Waals surface area contributed by atoms with E-state index in [0.717, 1.165) is 63.4 Å². The lowest BCUT2D eigenvalue weighted by Crippen LogP contribution is -2.47. The molecule has 1 aliphatic heterocycles. The van der Waals surface area contributed by atoms with Gasteiger partial charge in [0, 0.05) is 37.4 Å². The summed E-state index contributed by atoms with van der Waals surface area (Å²) in [4.78, 5) is 21.9. The van der Waals surface area contributed by atoms with Gasteiger partial charge in [-0.1, -0.05) is 24.3 Å². The fourth-order valence-corrected chi connectivity index (χ4v) is 7.30. The molecule has 3 heterocycles. The van der Waals surface area contributed by atoms with Crippen molar-refractivity contribution in [1.29, 1.82) is 0 Å². The minimum Gasteiger partial charge on any atom is -0.367 e. The molecule has 0 aliphatic carbocycles. The number of piperazine rings is 1. The predicted octanol–water partition coefficient (Wildman–Crippen LogP) is 3.43. The van der Waals surface area contributed by atoms with E-state index in [-0.39, 0.29) is 16.4 Å². The quantitative estimate of drug-likeness (QED) is 0.375. The van der Waals surface area contributed by atoms with E-state index in [1.165, 1.54) is 11.3 Å². The fourth-order valence-electron chi connectivity index (χ4n) is 4.24. The highest BCUT2D eigenvalue weighted by atomic mass is 35.5. The summed E-state index contributed by atoms with van der Waals surface area (Å²) in [6.45, 7) is 4.40. The topological polar surface area (TPSA) is 92.5 Å². The third-order valence-electron chi connectivity index (χ3n) is 5.97. The summed E-state index contributed by atoms with van der Waals surface area (Å²) in [6, 6.07) is 15.1. The van der Waals surface area contributed by atoms with Crippen molar-refractivity contribution in [3.63, 3.8) is 0 Å². The second-order valence-corrected chi connectivity index (χ2v) is 11.9. The minimum absolute atomic E-state index is 0.202. The zero-order chi connectivity index (χ0) is 23.0. The molecule has 1 fully saturated rings. The molecule has 1 aliphatic rings. The smallest absolute Gasteiger partial charge is 0.323 e. The van der Waals surface area contributed by atoms with E-state index in [2.05, 4.69) is 19.8 Å². The highest BCUT2D eigenvalue weighted by Crippen LogP contribution is 2.31. The van der Waals surface area contributed by atoms with Gasteiger partial charge >= 0.3 is 5.69 Å². The minimum atomic E-state index is -3.71. The third-order valence-corrected chi connectivity index (χ3v) is 9.81. The molecule has 1 saturated heterocycles. The summed E-state index contributed by atoms with van der Waals surface area (Å²) in [5.74, 6) is 0. The highest BCUT2D eigenvalue weighted by Gasteiger charge is 2.26. The van der Waals surface area contributed by atoms with Crippen molar-refractivity contribution < 1.29 is 8.42 Å². The van der Waals surface area contributed by atoms with Crippen LogP contribution in [0.25, 0.3) is 21.1 Å². The van der Waals surface area contributed by atoms with E-state index in [1.54, 1.807) is 6.07 Å². The molecule has 0 atom stereocenters. The summed E-state index contributed by atoms with van der Waals surface area (Å²) in [5, 5.41) is 0.906. The lowest BCUT2D eigenvalue weighted by molar-refractivity contribution is 0.252. The van der Waals surface area contributed by atoms with Crippen LogP contribution < -0.4 is 10.6 Å². The van der Waals surface area contributed by atoms with Crippen LogP contribution in [0.5, 0.6) is 0 Å². The number of fused-ring (bicyclic) bond motifs is 2. The molecule has 0 amide bonds. The van der Waals surface area contributed by atoms with Gasteiger partial charge in [-0.2, -0.15) is 0 Å². The average Bonchev–Trinajstić information content (AvgIpc) is 3.42. The summed E-state index contributed by atoms with van der Waals surface area (Å²) < 4.78 is 27.8. The number of hydrogen-bond donors (Lipinski definition) is 2. The molecule has 0 bridgehead atoms. The third kappa shape index (κ3) is 4.53. The number of hydrogen-bond acceptors (Lipinski definition) is 6. The number of para-hydroxylation sites is 1. The number of nitrogens with one attached hydrogen (secondary N) is 2. The number of benzene rings is 2. The van der Waals surface area contributed by atoms with E-state index in [9.17, 15) is 13.2 Å². The maximum Gasteiger partial charge on any atom is 0.323 e. The lowest BCUT2D eigenvalue weighted by Gasteiger charge is -2.36. The molecule has 0 saturated carbocycles. The first-order valence-corrected chi connectivity index (χ1v) is 13.4. The van der Waals surface area contributed by atoms with Crippen LogP contribution in [0.15, 0.2) is 57.5 Å². The largest absolute Gasteiger partial charge is 0.367 e. The van der Waals surface area contributed by atoms with Gasteiger partial charge in [-0.05, 0) is 54.4 Å². The Kier molecular flexibility index (Phi) is 6.19. The van der Waals surface area contributed by atoms with Gasteiger partial charge in [-0.3, -0.25) is 4.90 Å². The lowest BCUT2D eigenvalue weighted by atomic mass is 10.2. The van der Waals surface area contributed by atoms with Crippen LogP contribution in [-0.4, -0.2) is 66.4 Å². The Morgan fingerprint density at radius 2 is 1.82 bits per heavy atom. The van der Waals surface area contributed by atoms with Gasteiger partial charge < -0.3 is 14.9 Å². The first-order chi connectivity index (χ1) is 15.9. The number of H-pyrrole nitrogens is 2. The van der Waals surface area contributed by atoms with Gasteiger partial charge in [-0.15, -0.1) is 15.2 Å². The number of thiophene rings is 1. The Bertz CT molecular complexity index is 1400. The van der Waals surface area contributed by atoms with Crippen molar-refractivity contribution >= 4 is 59.9 Å². The van der Waals surface area contributed by atoms with Crippen LogP contribution in [0, 0.1) is 0 Å². The van der Waals surface area contributed by atoms with E-state index in [4.69, 9.17) is 11.8 Å². The second kappa shape index (κ2) is 9.11. The van der Waals surface area contributed by atoms with Crippen molar-refractivity contribution in [3.8, 4) is 0 Å². The number of sulfonamides is 1. The normalized spacial score (nSPS) is 15.8. The van der Waals surface area contributed by atoms with Crippen molar-refractivity contribution in [2.24, 2.45) is 0 Å². The molecule has 33 heavy (non-hydrogen) atoms. The number of aromatic amines is 2. The predicted molar refractivity (Wildman–Crippen MR) is 134 cm³/mol. The van der Waals surface area contributed by atoms with Crippen molar-refractivity contribution in [1.82, 2.24) is 18.7 Å². The van der Waals surface area contributed by atoms with Gasteiger partial charge in [0.15, 0.2) is 0 Å². The Balaban J connectivity index is 1.15. The molecule has 2 N–H and O–H groups in total. The van der Waals surface area contributed by atoms with Crippen LogP contribution in [0.3, 0.4) is 0 Å². The summed E-state index contributed by atoms with van der Waals surface area (Å²) >= 11 is 7.45. The Labute approximate surface area is 200 Å². The highest BCUT2D eigenvalue weighted by molar-refractivity contribution is 7.92. The molecule has 4 aromatic rings. The summed E-state index contributed by atoms with van der Waals surface area (Å²) in [5.41, 5.74) is 2.46. The molecule has 2 aromatic carbocycles. The molecule has 5 rings (SSSR count). The number of nitrogens with zero attached hydrogens (tertiary/aromatic N) is 3. The number of halogens is 1. The van der Waals surface area contributed by atoms with Crippen LogP contribution in [0.1, 0.15) is 6.42 Å². The van der Waals surface area contributed by atoms with E-state index < -0.39 is 10.0 Å². The molecule has 8 nitrogen and oxygen atoms in total. The first kappa shape index (κ1) is 22.4. The zero-order valence-electron chi connectivity index (χ0n) is 17.8. The Morgan fingerprint density at radius 1 is 1.03 bits per heavy atom. The van der Waals surface area contributed by atoms with E-state index >= 15 is 0 Å². The SMILES string of the molecule is O=c1[nH]c2cccc(N3CCN(CCCN(Cl)S(=O)(=O)c4cc5ccccc5s4)CC3)c2[nH]1. The zero-order valence-corrected chi connectivity index (χ0v) is 20.2. The van der Waals surface area contributed by atoms with E-state index in [0.29, 0.717) is 6.42 Å². The van der Waals surface area contributed by atoms with Gasteiger partial charge in [-0.25, -0.2) is 13.2 Å². The van der Waals surface area contributed by atoms with Crippen molar-refractivity contribution in [2.45, 2.75) is 10.6 Å². The Hall–Kier alpha value is -2.37. The molecule has 174 valence electrons. The number of imidazole rings is 1. The first-order valence-electron chi connectivity index (χ1n) is 10.8. The molecule has 2 aromatic heterocycles. The van der Waals surface area contributed by atoms with Gasteiger partial charge in [0.1, 0.15) is 4.21 Å². The van der Waals surface area contributed by atoms with Gasteiger partial charge in [0.2, 0.25) is 0 Å². The number of anilines is 1. The van der Waals surface area contributed by atoms with Crippen LogP contribution in [0.4, 0.5) is 5.69 Å². The summed E-state index contributed by atoms with van der Waals surface area (Å²) in [7, 11) is -3.71. The maximum absolute atomic E-state index is 12.8. The maximum atomic E-state index is 12.8. The molecule has 0 unspecified atom stereocenters. The van der Waals surface area contributed by atoms with Crippen LogP contribution >= 0.6 is 23.1 Å². The fraction of sp³-hybridized carbons (Fsp3) is 0.318. The van der Waals surface area contributed by atoms with Crippen molar-refractivity contribution in [2.75, 3.05) is 44.2 Å². The number of aromatic nitrogens is 2. The van der Waals surface area contributed by atoms with E-state index in [1.807, 2.05) is 42.5 Å². The Morgan fingerprint density at radius 3 is 2.61 bits per heavy atom. The average molecular weight is 506 g/mol. The van der Waals surface area contributed by atoms with Crippen LogP contribution in [0.2, 0.25) is 0 Å². The van der Waals surface area contributed by atoms with Gasteiger partial charge in [0.25, 0.3) is 10.0 Å².